The highest BCUT2D eigenvalue weighted by Crippen LogP contribution is 2.22. The minimum Gasteiger partial charge on any atom is -0.312 e. The Balaban J connectivity index is 2.25. The van der Waals surface area contributed by atoms with E-state index < -0.39 is 0 Å². The maximum Gasteiger partial charge on any atom is 0.123 e. The molecule has 0 atom stereocenters. The second-order valence-corrected chi connectivity index (χ2v) is 5.85. The molecule has 0 amide bonds. The number of benzene rings is 1. The van der Waals surface area contributed by atoms with Crippen LogP contribution in [0.25, 0.3) is 0 Å². The van der Waals surface area contributed by atoms with Crippen molar-refractivity contribution in [3.63, 3.8) is 0 Å². The third-order valence-electron chi connectivity index (χ3n) is 3.30. The van der Waals surface area contributed by atoms with E-state index in [0.29, 0.717) is 5.41 Å². The minimum absolute atomic E-state index is 0.168. The average Bonchev–Trinajstić information content (AvgIpc) is 2.32. The van der Waals surface area contributed by atoms with Gasteiger partial charge in [0.15, 0.2) is 0 Å². The molecule has 0 saturated carbocycles. The SMILES string of the molecule is CCCCCC(C)(C)CNCc1ccc(F)cc1. The fourth-order valence-corrected chi connectivity index (χ4v) is 2.09. The van der Waals surface area contributed by atoms with Crippen LogP contribution in [-0.4, -0.2) is 6.54 Å². The van der Waals surface area contributed by atoms with E-state index in [0.717, 1.165) is 18.7 Å². The molecule has 0 fully saturated rings. The van der Waals surface area contributed by atoms with Gasteiger partial charge >= 0.3 is 0 Å². The van der Waals surface area contributed by atoms with Gasteiger partial charge in [-0.25, -0.2) is 4.39 Å². The fraction of sp³-hybridized carbons (Fsp3) is 0.625. The summed E-state index contributed by atoms with van der Waals surface area (Å²) in [6, 6.07) is 6.71. The van der Waals surface area contributed by atoms with Crippen LogP contribution in [0.4, 0.5) is 4.39 Å². The van der Waals surface area contributed by atoms with Crippen LogP contribution in [0.3, 0.4) is 0 Å². The van der Waals surface area contributed by atoms with Crippen LogP contribution < -0.4 is 5.32 Å². The minimum atomic E-state index is -0.168. The Kier molecular flexibility index (Phi) is 6.34. The largest absolute Gasteiger partial charge is 0.312 e. The summed E-state index contributed by atoms with van der Waals surface area (Å²) >= 11 is 0. The molecule has 0 aliphatic carbocycles. The summed E-state index contributed by atoms with van der Waals surface area (Å²) in [6.45, 7) is 8.67. The fourth-order valence-electron chi connectivity index (χ4n) is 2.09. The average molecular weight is 251 g/mol. The molecular weight excluding hydrogens is 225 g/mol. The maximum atomic E-state index is 12.8. The topological polar surface area (TPSA) is 12.0 Å². The molecule has 18 heavy (non-hydrogen) atoms. The van der Waals surface area contributed by atoms with Crippen molar-refractivity contribution in [1.29, 1.82) is 0 Å². The van der Waals surface area contributed by atoms with Crippen molar-refractivity contribution in [3.8, 4) is 0 Å². The van der Waals surface area contributed by atoms with Gasteiger partial charge in [-0.3, -0.25) is 0 Å². The van der Waals surface area contributed by atoms with Gasteiger partial charge in [0.05, 0.1) is 0 Å². The standard InChI is InChI=1S/C16H26FN/c1-4-5-6-11-16(2,3)13-18-12-14-7-9-15(17)10-8-14/h7-10,18H,4-6,11-13H2,1-3H3. The molecule has 1 N–H and O–H groups in total. The highest BCUT2D eigenvalue weighted by molar-refractivity contribution is 5.15. The van der Waals surface area contributed by atoms with Crippen LogP contribution >= 0.6 is 0 Å². The van der Waals surface area contributed by atoms with Gasteiger partial charge in [0.2, 0.25) is 0 Å². The molecule has 0 aliphatic rings. The molecule has 1 aromatic carbocycles. The van der Waals surface area contributed by atoms with E-state index in [9.17, 15) is 4.39 Å². The van der Waals surface area contributed by atoms with Crippen molar-refractivity contribution in [1.82, 2.24) is 5.32 Å². The lowest BCUT2D eigenvalue weighted by Gasteiger charge is -2.25. The highest BCUT2D eigenvalue weighted by atomic mass is 19.1. The number of halogens is 1. The summed E-state index contributed by atoms with van der Waals surface area (Å²) in [7, 11) is 0. The third-order valence-corrected chi connectivity index (χ3v) is 3.30. The zero-order valence-corrected chi connectivity index (χ0v) is 11.9. The monoisotopic (exact) mass is 251 g/mol. The Morgan fingerprint density at radius 1 is 1.11 bits per heavy atom. The summed E-state index contributed by atoms with van der Waals surface area (Å²) in [5.74, 6) is -0.168. The van der Waals surface area contributed by atoms with Gasteiger partial charge < -0.3 is 5.32 Å². The second kappa shape index (κ2) is 7.52. The predicted octanol–water partition coefficient (Wildman–Crippen LogP) is 4.52. The molecule has 2 heteroatoms. The first-order chi connectivity index (χ1) is 8.53. The zero-order chi connectivity index (χ0) is 13.4. The van der Waals surface area contributed by atoms with E-state index >= 15 is 0 Å². The smallest absolute Gasteiger partial charge is 0.123 e. The molecule has 0 aromatic heterocycles. The highest BCUT2D eigenvalue weighted by Gasteiger charge is 2.16. The van der Waals surface area contributed by atoms with Crippen molar-refractivity contribution in [2.24, 2.45) is 5.41 Å². The van der Waals surface area contributed by atoms with Crippen LogP contribution in [-0.2, 0) is 6.54 Å². The Labute approximate surface area is 111 Å². The number of nitrogens with one attached hydrogen (secondary N) is 1. The van der Waals surface area contributed by atoms with E-state index in [1.165, 1.54) is 37.8 Å². The molecule has 0 bridgehead atoms. The van der Waals surface area contributed by atoms with Crippen LogP contribution in [0.5, 0.6) is 0 Å². The van der Waals surface area contributed by atoms with Crippen molar-refractivity contribution in [2.75, 3.05) is 6.54 Å². The van der Waals surface area contributed by atoms with Gasteiger partial charge in [-0.15, -0.1) is 0 Å². The number of rotatable bonds is 8. The quantitative estimate of drug-likeness (QED) is 0.670. The van der Waals surface area contributed by atoms with Crippen LogP contribution in [0, 0.1) is 11.2 Å². The van der Waals surface area contributed by atoms with Crippen molar-refractivity contribution in [3.05, 3.63) is 35.6 Å². The molecule has 0 heterocycles. The van der Waals surface area contributed by atoms with Gasteiger partial charge in [-0.2, -0.15) is 0 Å². The molecule has 0 aliphatic heterocycles. The van der Waals surface area contributed by atoms with E-state index in [2.05, 4.69) is 26.1 Å². The first-order valence-electron chi connectivity index (χ1n) is 6.99. The lowest BCUT2D eigenvalue weighted by Crippen LogP contribution is -2.29. The van der Waals surface area contributed by atoms with E-state index in [1.54, 1.807) is 0 Å². The van der Waals surface area contributed by atoms with Crippen molar-refractivity contribution >= 4 is 0 Å². The van der Waals surface area contributed by atoms with Gasteiger partial charge in [-0.1, -0.05) is 52.2 Å². The third kappa shape index (κ3) is 6.15. The maximum absolute atomic E-state index is 12.8. The molecule has 0 radical (unpaired) electrons. The molecular formula is C16H26FN. The molecule has 1 nitrogen and oxygen atoms in total. The summed E-state index contributed by atoms with van der Waals surface area (Å²) in [4.78, 5) is 0. The van der Waals surface area contributed by atoms with E-state index in [-0.39, 0.29) is 5.82 Å². The van der Waals surface area contributed by atoms with Crippen LogP contribution in [0.15, 0.2) is 24.3 Å². The molecule has 0 unspecified atom stereocenters. The first kappa shape index (κ1) is 15.2. The Morgan fingerprint density at radius 3 is 2.39 bits per heavy atom. The predicted molar refractivity (Wildman–Crippen MR) is 76.0 cm³/mol. The van der Waals surface area contributed by atoms with Crippen LogP contribution in [0.1, 0.15) is 52.0 Å². The molecule has 1 aromatic rings. The summed E-state index contributed by atoms with van der Waals surface area (Å²) < 4.78 is 12.8. The Bertz CT molecular complexity index is 329. The van der Waals surface area contributed by atoms with Crippen molar-refractivity contribution in [2.45, 2.75) is 53.0 Å². The number of hydrogen-bond donors (Lipinski definition) is 1. The molecule has 102 valence electrons. The van der Waals surface area contributed by atoms with Gasteiger partial charge in [0.25, 0.3) is 0 Å². The second-order valence-electron chi connectivity index (χ2n) is 5.85. The number of hydrogen-bond acceptors (Lipinski definition) is 1. The molecule has 1 rings (SSSR count). The van der Waals surface area contributed by atoms with Gasteiger partial charge in [0.1, 0.15) is 5.82 Å². The molecule has 0 spiro atoms. The summed E-state index contributed by atoms with van der Waals surface area (Å²) in [6.07, 6.45) is 5.17. The lowest BCUT2D eigenvalue weighted by atomic mass is 9.87. The summed E-state index contributed by atoms with van der Waals surface area (Å²) in [5, 5.41) is 3.47. The first-order valence-corrected chi connectivity index (χ1v) is 6.99. The summed E-state index contributed by atoms with van der Waals surface area (Å²) in [5.41, 5.74) is 1.48. The van der Waals surface area contributed by atoms with Crippen molar-refractivity contribution < 1.29 is 4.39 Å². The number of unbranched alkanes of at least 4 members (excludes halogenated alkanes) is 2. The zero-order valence-electron chi connectivity index (χ0n) is 11.9. The Morgan fingerprint density at radius 2 is 1.78 bits per heavy atom. The molecule has 0 saturated heterocycles. The van der Waals surface area contributed by atoms with Gasteiger partial charge in [-0.05, 0) is 29.5 Å². The van der Waals surface area contributed by atoms with E-state index in [1.807, 2.05) is 12.1 Å². The van der Waals surface area contributed by atoms with Crippen LogP contribution in [0.2, 0.25) is 0 Å². The lowest BCUT2D eigenvalue weighted by molar-refractivity contribution is 0.302. The van der Waals surface area contributed by atoms with Gasteiger partial charge in [0, 0.05) is 13.1 Å². The Hall–Kier alpha value is -0.890. The van der Waals surface area contributed by atoms with E-state index in [4.69, 9.17) is 0 Å². The normalized spacial score (nSPS) is 11.8.